The summed E-state index contributed by atoms with van der Waals surface area (Å²) in [5.41, 5.74) is 2.47. The van der Waals surface area contributed by atoms with Gasteiger partial charge >= 0.3 is 5.97 Å². The van der Waals surface area contributed by atoms with Gasteiger partial charge in [0.2, 0.25) is 0 Å². The van der Waals surface area contributed by atoms with E-state index in [1.807, 2.05) is 0 Å². The van der Waals surface area contributed by atoms with Gasteiger partial charge in [-0.3, -0.25) is 4.18 Å². The molecule has 0 aliphatic rings. The van der Waals surface area contributed by atoms with E-state index in [0.717, 1.165) is 12.5 Å². The summed E-state index contributed by atoms with van der Waals surface area (Å²) in [7, 11) is -7.04. The van der Waals surface area contributed by atoms with Crippen molar-refractivity contribution in [2.24, 2.45) is 0 Å². The van der Waals surface area contributed by atoms with Crippen molar-refractivity contribution in [1.29, 1.82) is 0 Å². The quantitative estimate of drug-likeness (QED) is 0.401. The van der Waals surface area contributed by atoms with E-state index in [1.54, 1.807) is 47.9 Å². The second-order valence-electron chi connectivity index (χ2n) is 6.72. The fourth-order valence-corrected chi connectivity index (χ4v) is 4.04. The molecule has 0 saturated heterocycles. The van der Waals surface area contributed by atoms with Crippen LogP contribution in [0, 0.1) is 0 Å². The number of carbonyl (C=O) groups excluding carboxylic acids is 1. The van der Waals surface area contributed by atoms with E-state index in [-0.39, 0.29) is 23.7 Å². The van der Waals surface area contributed by atoms with Gasteiger partial charge in [-0.25, -0.2) is 13.2 Å². The average molecular weight is 452 g/mol. The summed E-state index contributed by atoms with van der Waals surface area (Å²) in [6, 6.07) is 11.3. The van der Waals surface area contributed by atoms with Crippen molar-refractivity contribution in [1.82, 2.24) is 4.40 Å². The molecule has 8 nitrogen and oxygen atoms in total. The summed E-state index contributed by atoms with van der Waals surface area (Å²) >= 11 is 0. The van der Waals surface area contributed by atoms with Crippen LogP contribution in [0.3, 0.4) is 0 Å². The molecule has 0 N–H and O–H groups in total. The van der Waals surface area contributed by atoms with E-state index in [0.29, 0.717) is 22.3 Å². The molecule has 0 saturated carbocycles. The minimum absolute atomic E-state index is 0.128. The van der Waals surface area contributed by atoms with E-state index in [2.05, 4.69) is 0 Å². The minimum Gasteiger partial charge on any atom is -0.462 e. The zero-order valence-corrected chi connectivity index (χ0v) is 18.3. The maximum absolute atomic E-state index is 12.6. The van der Waals surface area contributed by atoms with Gasteiger partial charge < -0.3 is 9.14 Å². The molecule has 0 unspecified atom stereocenters. The fraction of sp³-hybridized carbons (Fsp3) is 0.250. The second kappa shape index (κ2) is 8.21. The van der Waals surface area contributed by atoms with Crippen LogP contribution in [0.25, 0.3) is 16.8 Å². The largest absolute Gasteiger partial charge is 0.462 e. The second-order valence-corrected chi connectivity index (χ2v) is 10.4. The Morgan fingerprint density at radius 3 is 2.40 bits per heavy atom. The number of esters is 1. The third-order valence-corrected chi connectivity index (χ3v) is 5.96. The highest BCUT2D eigenvalue weighted by Crippen LogP contribution is 2.30. The van der Waals surface area contributed by atoms with E-state index >= 15 is 0 Å². The minimum atomic E-state index is -3.60. The molecule has 0 aliphatic heterocycles. The van der Waals surface area contributed by atoms with Crippen LogP contribution >= 0.6 is 0 Å². The van der Waals surface area contributed by atoms with Crippen molar-refractivity contribution in [3.63, 3.8) is 0 Å². The summed E-state index contributed by atoms with van der Waals surface area (Å²) in [6.45, 7) is 1.73. The first kappa shape index (κ1) is 22.0. The zero-order valence-electron chi connectivity index (χ0n) is 16.7. The number of hydrogen-bond acceptors (Lipinski definition) is 7. The maximum Gasteiger partial charge on any atom is 0.340 e. The van der Waals surface area contributed by atoms with Gasteiger partial charge in [0.15, 0.2) is 9.84 Å². The predicted octanol–water partition coefficient (Wildman–Crippen LogP) is 2.66. The molecule has 1 aromatic carbocycles. The van der Waals surface area contributed by atoms with Gasteiger partial charge in [0.1, 0.15) is 0 Å². The topological polar surface area (TPSA) is 108 Å². The lowest BCUT2D eigenvalue weighted by atomic mass is 10.1. The first-order valence-corrected chi connectivity index (χ1v) is 12.7. The molecule has 0 radical (unpaired) electrons. The van der Waals surface area contributed by atoms with E-state index < -0.39 is 25.9 Å². The molecule has 0 amide bonds. The van der Waals surface area contributed by atoms with Gasteiger partial charge in [-0.15, -0.1) is 0 Å². The standard InChI is InChI=1S/C20H21NO7S2/c1-4-27-20(22)18-12-16-10-14(13-28-30(3,25)26)8-9-21(16)19(18)15-6-5-7-17(11-15)29(2,23)24/h5-12H,4,13H2,1-3H3. The number of benzene rings is 1. The zero-order chi connectivity index (χ0) is 22.1. The number of nitrogens with zero attached hydrogens (tertiary/aromatic N) is 1. The van der Waals surface area contributed by atoms with Gasteiger partial charge in [-0.2, -0.15) is 8.42 Å². The molecular weight excluding hydrogens is 430 g/mol. The third-order valence-electron chi connectivity index (χ3n) is 4.31. The number of rotatable bonds is 7. The Balaban J connectivity index is 2.18. The molecule has 2 heterocycles. The number of aromatic nitrogens is 1. The highest BCUT2D eigenvalue weighted by molar-refractivity contribution is 7.90. The van der Waals surface area contributed by atoms with Crippen molar-refractivity contribution in [3.05, 3.63) is 59.8 Å². The molecule has 2 aromatic heterocycles. The van der Waals surface area contributed by atoms with E-state index in [1.165, 1.54) is 12.1 Å². The normalized spacial score (nSPS) is 12.2. The molecule has 0 atom stereocenters. The highest BCUT2D eigenvalue weighted by atomic mass is 32.2. The third kappa shape index (κ3) is 4.89. The van der Waals surface area contributed by atoms with Gasteiger partial charge in [0, 0.05) is 23.5 Å². The fourth-order valence-electron chi connectivity index (χ4n) is 3.02. The van der Waals surface area contributed by atoms with E-state index in [4.69, 9.17) is 8.92 Å². The summed E-state index contributed by atoms with van der Waals surface area (Å²) in [5, 5.41) is 0. The number of sulfone groups is 1. The summed E-state index contributed by atoms with van der Waals surface area (Å²) < 4.78 is 58.2. The van der Waals surface area contributed by atoms with Crippen LogP contribution in [-0.4, -0.2) is 46.3 Å². The Morgan fingerprint density at radius 2 is 1.77 bits per heavy atom. The summed E-state index contributed by atoms with van der Waals surface area (Å²) in [5.74, 6) is -0.546. The highest BCUT2D eigenvalue weighted by Gasteiger charge is 2.21. The van der Waals surface area contributed by atoms with Crippen molar-refractivity contribution in [3.8, 4) is 11.3 Å². The Bertz CT molecular complexity index is 1320. The molecule has 0 spiro atoms. The van der Waals surface area contributed by atoms with Crippen molar-refractivity contribution in [2.75, 3.05) is 19.1 Å². The molecule has 3 rings (SSSR count). The first-order valence-electron chi connectivity index (χ1n) is 8.95. The van der Waals surface area contributed by atoms with Gasteiger partial charge in [-0.1, -0.05) is 12.1 Å². The molecule has 10 heteroatoms. The lowest BCUT2D eigenvalue weighted by Crippen LogP contribution is -2.06. The maximum atomic E-state index is 12.6. The monoisotopic (exact) mass is 451 g/mol. The molecule has 3 aromatic rings. The van der Waals surface area contributed by atoms with Crippen LogP contribution in [0.4, 0.5) is 0 Å². The van der Waals surface area contributed by atoms with Gasteiger partial charge in [0.25, 0.3) is 10.1 Å². The predicted molar refractivity (Wildman–Crippen MR) is 112 cm³/mol. The lowest BCUT2D eigenvalue weighted by Gasteiger charge is -2.09. The summed E-state index contributed by atoms with van der Waals surface area (Å²) in [6.07, 6.45) is 3.75. The van der Waals surface area contributed by atoms with Crippen LogP contribution in [0.5, 0.6) is 0 Å². The van der Waals surface area contributed by atoms with Crippen molar-refractivity contribution < 1.29 is 30.6 Å². The van der Waals surface area contributed by atoms with E-state index in [9.17, 15) is 21.6 Å². The Kier molecular flexibility index (Phi) is 6.02. The van der Waals surface area contributed by atoms with Crippen LogP contribution in [0.1, 0.15) is 22.8 Å². The Morgan fingerprint density at radius 1 is 1.03 bits per heavy atom. The molecule has 30 heavy (non-hydrogen) atoms. The number of ether oxygens (including phenoxy) is 1. The number of carbonyl (C=O) groups is 1. The Hall–Kier alpha value is -2.69. The smallest absolute Gasteiger partial charge is 0.340 e. The number of hydrogen-bond donors (Lipinski definition) is 0. The first-order chi connectivity index (χ1) is 14.0. The molecule has 0 aliphatic carbocycles. The molecule has 0 bridgehead atoms. The van der Waals surface area contributed by atoms with Crippen LogP contribution in [-0.2, 0) is 35.5 Å². The molecule has 160 valence electrons. The van der Waals surface area contributed by atoms with Gasteiger partial charge in [-0.05, 0) is 42.8 Å². The summed E-state index contributed by atoms with van der Waals surface area (Å²) in [4.78, 5) is 12.7. The number of fused-ring (bicyclic) bond motifs is 1. The van der Waals surface area contributed by atoms with Crippen molar-refractivity contribution in [2.45, 2.75) is 18.4 Å². The van der Waals surface area contributed by atoms with Crippen molar-refractivity contribution >= 4 is 31.4 Å². The number of pyridine rings is 1. The van der Waals surface area contributed by atoms with Crippen LogP contribution < -0.4 is 0 Å². The van der Waals surface area contributed by atoms with Gasteiger partial charge in [0.05, 0.1) is 35.6 Å². The van der Waals surface area contributed by atoms with Crippen LogP contribution in [0.15, 0.2) is 53.6 Å². The average Bonchev–Trinajstić information content (AvgIpc) is 3.04. The molecular formula is C20H21NO7S2. The Labute approximate surface area is 175 Å². The SMILES string of the molecule is CCOC(=O)c1cc2cc(COS(C)(=O)=O)ccn2c1-c1cccc(S(C)(=O)=O)c1. The van der Waals surface area contributed by atoms with Crippen LogP contribution in [0.2, 0.25) is 0 Å². The lowest BCUT2D eigenvalue weighted by molar-refractivity contribution is 0.0527. The molecule has 0 fully saturated rings.